The molecule has 0 saturated carbocycles. The molecule has 3 N–H and O–H groups in total. The third-order valence-corrected chi connectivity index (χ3v) is 4.39. The Hall–Kier alpha value is -0.780. The molecule has 1 aromatic heterocycles. The summed E-state index contributed by atoms with van der Waals surface area (Å²) in [7, 11) is 0. The van der Waals surface area contributed by atoms with E-state index in [1.807, 2.05) is 12.1 Å². The van der Waals surface area contributed by atoms with Gasteiger partial charge in [0.1, 0.15) is 5.82 Å². The Kier molecular flexibility index (Phi) is 4.65. The quantitative estimate of drug-likeness (QED) is 0.631. The zero-order chi connectivity index (χ0) is 12.1. The first-order valence-corrected chi connectivity index (χ1v) is 7.13. The lowest BCUT2D eigenvalue weighted by molar-refractivity contribution is 0.270. The van der Waals surface area contributed by atoms with Crippen LogP contribution < -0.4 is 11.3 Å². The van der Waals surface area contributed by atoms with Crippen LogP contribution in [0.5, 0.6) is 0 Å². The Bertz CT molecular complexity index is 358. The Morgan fingerprint density at radius 1 is 1.59 bits per heavy atom. The summed E-state index contributed by atoms with van der Waals surface area (Å²) in [6.07, 6.45) is 1.25. The average molecular weight is 252 g/mol. The number of hydrazine groups is 1. The number of thioether (sulfide) groups is 1. The molecule has 2 heterocycles. The number of aromatic nitrogens is 1. The van der Waals surface area contributed by atoms with Crippen molar-refractivity contribution in [3.05, 3.63) is 23.9 Å². The Morgan fingerprint density at radius 3 is 3.24 bits per heavy atom. The van der Waals surface area contributed by atoms with Gasteiger partial charge in [0.05, 0.1) is 5.69 Å². The highest BCUT2D eigenvalue weighted by Gasteiger charge is 2.19. The highest BCUT2D eigenvalue weighted by atomic mass is 32.2. The maximum Gasteiger partial charge on any atom is 0.140 e. The van der Waals surface area contributed by atoms with Crippen molar-refractivity contribution >= 4 is 17.6 Å². The van der Waals surface area contributed by atoms with E-state index in [-0.39, 0.29) is 0 Å². The van der Waals surface area contributed by atoms with Crippen LogP contribution in [0.3, 0.4) is 0 Å². The fraction of sp³-hybridized carbons (Fsp3) is 0.583. The molecule has 1 aliphatic rings. The SMILES string of the molecule is CCC1CN(Cc2cccc(NN)n2)CCS1. The van der Waals surface area contributed by atoms with E-state index in [0.29, 0.717) is 0 Å². The molecule has 2 rings (SSSR count). The first-order chi connectivity index (χ1) is 8.31. The molecule has 17 heavy (non-hydrogen) atoms. The van der Waals surface area contributed by atoms with Crippen molar-refractivity contribution in [3.8, 4) is 0 Å². The van der Waals surface area contributed by atoms with Crippen LogP contribution in [-0.2, 0) is 6.54 Å². The molecule has 0 spiro atoms. The lowest BCUT2D eigenvalue weighted by atomic mass is 10.2. The Labute approximate surface area is 107 Å². The molecule has 0 radical (unpaired) electrons. The Morgan fingerprint density at radius 2 is 2.47 bits per heavy atom. The molecule has 1 unspecified atom stereocenters. The fourth-order valence-electron chi connectivity index (χ4n) is 2.05. The number of nitrogens with zero attached hydrogens (tertiary/aromatic N) is 2. The average Bonchev–Trinajstić information content (AvgIpc) is 2.39. The molecule has 1 atom stereocenters. The molecule has 0 bridgehead atoms. The van der Waals surface area contributed by atoms with Gasteiger partial charge in [0.25, 0.3) is 0 Å². The van der Waals surface area contributed by atoms with E-state index in [2.05, 4.69) is 40.1 Å². The van der Waals surface area contributed by atoms with Crippen molar-refractivity contribution in [1.82, 2.24) is 9.88 Å². The molecule has 1 aromatic rings. The van der Waals surface area contributed by atoms with Gasteiger partial charge in [0.2, 0.25) is 0 Å². The standard InChI is InChI=1S/C12H20N4S/c1-2-11-9-16(6-7-17-11)8-10-4-3-5-12(14-10)15-13/h3-5,11H,2,6-9,13H2,1H3,(H,14,15). The summed E-state index contributed by atoms with van der Waals surface area (Å²) in [6, 6.07) is 5.93. The largest absolute Gasteiger partial charge is 0.308 e. The number of nitrogen functional groups attached to an aromatic ring is 1. The minimum absolute atomic E-state index is 0.737. The van der Waals surface area contributed by atoms with Crippen LogP contribution >= 0.6 is 11.8 Å². The van der Waals surface area contributed by atoms with Gasteiger partial charge >= 0.3 is 0 Å². The smallest absolute Gasteiger partial charge is 0.140 e. The second kappa shape index (κ2) is 6.23. The third kappa shape index (κ3) is 3.59. The fourth-order valence-corrected chi connectivity index (χ4v) is 3.30. The van der Waals surface area contributed by atoms with Gasteiger partial charge < -0.3 is 5.43 Å². The van der Waals surface area contributed by atoms with E-state index in [9.17, 15) is 0 Å². The second-order valence-corrected chi connectivity index (χ2v) is 5.70. The molecule has 4 nitrogen and oxygen atoms in total. The summed E-state index contributed by atoms with van der Waals surface area (Å²) < 4.78 is 0. The topological polar surface area (TPSA) is 54.2 Å². The number of nitrogens with two attached hydrogens (primary N) is 1. The molecular weight excluding hydrogens is 232 g/mol. The Balaban J connectivity index is 1.95. The van der Waals surface area contributed by atoms with Gasteiger partial charge in [-0.25, -0.2) is 10.8 Å². The summed E-state index contributed by atoms with van der Waals surface area (Å²) in [5.41, 5.74) is 3.68. The lowest BCUT2D eigenvalue weighted by Crippen LogP contribution is -2.37. The van der Waals surface area contributed by atoms with Gasteiger partial charge in [-0.3, -0.25) is 4.90 Å². The predicted molar refractivity (Wildman–Crippen MR) is 73.9 cm³/mol. The first-order valence-electron chi connectivity index (χ1n) is 6.08. The molecule has 0 aromatic carbocycles. The second-order valence-electron chi connectivity index (χ2n) is 4.29. The van der Waals surface area contributed by atoms with Crippen LogP contribution in [0.4, 0.5) is 5.82 Å². The molecule has 94 valence electrons. The lowest BCUT2D eigenvalue weighted by Gasteiger charge is -2.31. The van der Waals surface area contributed by atoms with E-state index in [1.165, 1.54) is 18.7 Å². The van der Waals surface area contributed by atoms with Crippen LogP contribution in [-0.4, -0.2) is 34.0 Å². The third-order valence-electron chi connectivity index (χ3n) is 3.02. The van der Waals surface area contributed by atoms with Crippen LogP contribution in [0, 0.1) is 0 Å². The minimum atomic E-state index is 0.737. The minimum Gasteiger partial charge on any atom is -0.308 e. The zero-order valence-corrected chi connectivity index (χ0v) is 11.0. The van der Waals surface area contributed by atoms with Crippen molar-refractivity contribution in [3.63, 3.8) is 0 Å². The van der Waals surface area contributed by atoms with Crippen molar-refractivity contribution < 1.29 is 0 Å². The van der Waals surface area contributed by atoms with Gasteiger partial charge in [0, 0.05) is 30.6 Å². The number of hydrogen-bond acceptors (Lipinski definition) is 5. The number of anilines is 1. The molecule has 0 amide bonds. The normalized spacial score (nSPS) is 21.4. The van der Waals surface area contributed by atoms with Crippen LogP contribution in [0.25, 0.3) is 0 Å². The van der Waals surface area contributed by atoms with Gasteiger partial charge in [-0.1, -0.05) is 13.0 Å². The highest BCUT2D eigenvalue weighted by Crippen LogP contribution is 2.22. The number of pyridine rings is 1. The predicted octanol–water partition coefficient (Wildman–Crippen LogP) is 1.69. The van der Waals surface area contributed by atoms with Gasteiger partial charge in [-0.05, 0) is 18.6 Å². The zero-order valence-electron chi connectivity index (χ0n) is 10.2. The molecular formula is C12H20N4S. The van der Waals surface area contributed by atoms with E-state index >= 15 is 0 Å². The molecule has 1 saturated heterocycles. The van der Waals surface area contributed by atoms with E-state index in [1.54, 1.807) is 0 Å². The number of rotatable bonds is 4. The molecule has 0 aliphatic carbocycles. The van der Waals surface area contributed by atoms with Crippen molar-refractivity contribution in [2.24, 2.45) is 5.84 Å². The van der Waals surface area contributed by atoms with Crippen molar-refractivity contribution in [2.75, 3.05) is 24.3 Å². The summed E-state index contributed by atoms with van der Waals surface area (Å²) in [6.45, 7) is 5.51. The van der Waals surface area contributed by atoms with Crippen molar-refractivity contribution in [1.29, 1.82) is 0 Å². The highest BCUT2D eigenvalue weighted by molar-refractivity contribution is 8.00. The summed E-state index contributed by atoms with van der Waals surface area (Å²) in [5, 5.41) is 0.777. The van der Waals surface area contributed by atoms with Gasteiger partial charge in [-0.15, -0.1) is 0 Å². The van der Waals surface area contributed by atoms with E-state index in [4.69, 9.17) is 5.84 Å². The molecule has 1 fully saturated rings. The van der Waals surface area contributed by atoms with Gasteiger partial charge in [-0.2, -0.15) is 11.8 Å². The maximum absolute atomic E-state index is 5.37. The molecule has 5 heteroatoms. The number of hydrogen-bond donors (Lipinski definition) is 2. The van der Waals surface area contributed by atoms with E-state index < -0.39 is 0 Å². The van der Waals surface area contributed by atoms with E-state index in [0.717, 1.165) is 29.9 Å². The monoisotopic (exact) mass is 252 g/mol. The van der Waals surface area contributed by atoms with Crippen LogP contribution in [0.2, 0.25) is 0 Å². The first kappa shape index (κ1) is 12.7. The van der Waals surface area contributed by atoms with Crippen molar-refractivity contribution in [2.45, 2.75) is 25.1 Å². The van der Waals surface area contributed by atoms with Gasteiger partial charge in [0.15, 0.2) is 0 Å². The number of nitrogens with one attached hydrogen (secondary N) is 1. The maximum atomic E-state index is 5.37. The summed E-state index contributed by atoms with van der Waals surface area (Å²) >= 11 is 2.09. The summed E-state index contributed by atoms with van der Waals surface area (Å²) in [4.78, 5) is 6.93. The summed E-state index contributed by atoms with van der Waals surface area (Å²) in [5.74, 6) is 7.33. The molecule has 1 aliphatic heterocycles. The van der Waals surface area contributed by atoms with Crippen LogP contribution in [0.15, 0.2) is 18.2 Å². The van der Waals surface area contributed by atoms with Crippen LogP contribution in [0.1, 0.15) is 19.0 Å².